The third kappa shape index (κ3) is 6.20. The summed E-state index contributed by atoms with van der Waals surface area (Å²) in [7, 11) is 0. The molecule has 20 heavy (non-hydrogen) atoms. The van der Waals surface area contributed by atoms with E-state index < -0.39 is 11.9 Å². The summed E-state index contributed by atoms with van der Waals surface area (Å²) in [6.45, 7) is 4.99. The summed E-state index contributed by atoms with van der Waals surface area (Å²) in [4.78, 5) is 22.4. The number of halogens is 1. The summed E-state index contributed by atoms with van der Waals surface area (Å²) in [5.41, 5.74) is 1.14. The Kier molecular flexibility index (Phi) is 6.53. The Morgan fingerprint density at radius 2 is 1.80 bits per heavy atom. The van der Waals surface area contributed by atoms with Crippen LogP contribution in [0.15, 0.2) is 42.5 Å². The van der Waals surface area contributed by atoms with Gasteiger partial charge in [0.05, 0.1) is 0 Å². The highest BCUT2D eigenvalue weighted by Gasteiger charge is 2.03. The highest BCUT2D eigenvalue weighted by Crippen LogP contribution is 2.10. The molecule has 0 fully saturated rings. The summed E-state index contributed by atoms with van der Waals surface area (Å²) in [5, 5.41) is 0.629. The fourth-order valence-corrected chi connectivity index (χ4v) is 1.31. The first kappa shape index (κ1) is 16.0. The molecule has 0 heterocycles. The number of ether oxygens (including phenoxy) is 2. The van der Waals surface area contributed by atoms with Crippen molar-refractivity contribution < 1.29 is 19.1 Å². The first-order valence-corrected chi connectivity index (χ1v) is 6.30. The molecule has 0 aliphatic heterocycles. The van der Waals surface area contributed by atoms with Crippen molar-refractivity contribution in [3.8, 4) is 0 Å². The lowest BCUT2D eigenvalue weighted by molar-refractivity contribution is -0.146. The summed E-state index contributed by atoms with van der Waals surface area (Å²) in [6.07, 6.45) is 2.91. The monoisotopic (exact) mass is 294 g/mol. The second kappa shape index (κ2) is 8.17. The van der Waals surface area contributed by atoms with Crippen LogP contribution in [0.5, 0.6) is 0 Å². The van der Waals surface area contributed by atoms with Crippen molar-refractivity contribution in [3.05, 3.63) is 53.1 Å². The van der Waals surface area contributed by atoms with Crippen molar-refractivity contribution in [1.82, 2.24) is 0 Å². The predicted molar refractivity (Wildman–Crippen MR) is 77.2 cm³/mol. The number of carbonyl (C=O) groups is 2. The zero-order valence-corrected chi connectivity index (χ0v) is 11.9. The van der Waals surface area contributed by atoms with Crippen LogP contribution in [-0.4, -0.2) is 25.2 Å². The second-order valence-electron chi connectivity index (χ2n) is 3.97. The third-order valence-electron chi connectivity index (χ3n) is 2.19. The highest BCUT2D eigenvalue weighted by molar-refractivity contribution is 6.30. The molecule has 0 aliphatic rings. The van der Waals surface area contributed by atoms with E-state index in [1.807, 2.05) is 0 Å². The minimum Gasteiger partial charge on any atom is -0.459 e. The molecule has 0 aromatic heterocycles. The van der Waals surface area contributed by atoms with Gasteiger partial charge in [-0.05, 0) is 30.7 Å². The fourth-order valence-electron chi connectivity index (χ4n) is 1.19. The lowest BCUT2D eigenvalue weighted by Crippen LogP contribution is -2.12. The van der Waals surface area contributed by atoms with Gasteiger partial charge in [0, 0.05) is 16.7 Å². The van der Waals surface area contributed by atoms with Gasteiger partial charge in [0.1, 0.15) is 13.2 Å². The van der Waals surface area contributed by atoms with E-state index in [1.54, 1.807) is 37.3 Å². The topological polar surface area (TPSA) is 52.6 Å². The Morgan fingerprint density at radius 3 is 2.40 bits per heavy atom. The van der Waals surface area contributed by atoms with Crippen LogP contribution in [0.25, 0.3) is 6.08 Å². The molecule has 0 bridgehead atoms. The van der Waals surface area contributed by atoms with Gasteiger partial charge in [-0.1, -0.05) is 30.3 Å². The van der Waals surface area contributed by atoms with E-state index >= 15 is 0 Å². The van der Waals surface area contributed by atoms with Gasteiger partial charge in [0.25, 0.3) is 0 Å². The standard InChI is InChI=1S/C15H15ClO4/c1-11(2)15(18)20-10-9-19-14(17)8-5-12-3-6-13(16)7-4-12/h3-8H,1,9-10H2,2H3. The molecule has 1 rings (SSSR count). The van der Waals surface area contributed by atoms with E-state index in [0.29, 0.717) is 10.6 Å². The quantitative estimate of drug-likeness (QED) is 0.460. The van der Waals surface area contributed by atoms with Crippen molar-refractivity contribution in [1.29, 1.82) is 0 Å². The van der Waals surface area contributed by atoms with Crippen molar-refractivity contribution in [2.45, 2.75) is 6.92 Å². The van der Waals surface area contributed by atoms with Crippen LogP contribution in [0.3, 0.4) is 0 Å². The molecule has 106 valence electrons. The molecule has 0 amide bonds. The summed E-state index contributed by atoms with van der Waals surface area (Å²) in [5.74, 6) is -1.01. The average Bonchev–Trinajstić information content (AvgIpc) is 2.42. The van der Waals surface area contributed by atoms with Crippen LogP contribution in [0, 0.1) is 0 Å². The maximum Gasteiger partial charge on any atom is 0.333 e. The SMILES string of the molecule is C=C(C)C(=O)OCCOC(=O)C=Cc1ccc(Cl)cc1. The van der Waals surface area contributed by atoms with E-state index in [9.17, 15) is 9.59 Å². The van der Waals surface area contributed by atoms with Crippen LogP contribution >= 0.6 is 11.6 Å². The zero-order valence-electron chi connectivity index (χ0n) is 11.1. The minimum atomic E-state index is -0.508. The molecule has 0 atom stereocenters. The van der Waals surface area contributed by atoms with Gasteiger partial charge in [-0.3, -0.25) is 0 Å². The Balaban J connectivity index is 2.28. The molecule has 0 unspecified atom stereocenters. The molecule has 0 N–H and O–H groups in total. The van der Waals surface area contributed by atoms with E-state index in [4.69, 9.17) is 21.1 Å². The van der Waals surface area contributed by atoms with Crippen molar-refractivity contribution in [2.24, 2.45) is 0 Å². The maximum atomic E-state index is 11.4. The van der Waals surface area contributed by atoms with Crippen molar-refractivity contribution in [3.63, 3.8) is 0 Å². The molecule has 1 aromatic rings. The van der Waals surface area contributed by atoms with Gasteiger partial charge in [-0.15, -0.1) is 0 Å². The van der Waals surface area contributed by atoms with Crippen molar-refractivity contribution >= 4 is 29.6 Å². The molecule has 5 heteroatoms. The van der Waals surface area contributed by atoms with Crippen LogP contribution < -0.4 is 0 Å². The van der Waals surface area contributed by atoms with Gasteiger partial charge < -0.3 is 9.47 Å². The number of rotatable bonds is 6. The number of hydrogen-bond donors (Lipinski definition) is 0. The molecular formula is C15H15ClO4. The van der Waals surface area contributed by atoms with Crippen molar-refractivity contribution in [2.75, 3.05) is 13.2 Å². The Bertz CT molecular complexity index is 517. The van der Waals surface area contributed by atoms with E-state index in [2.05, 4.69) is 6.58 Å². The lowest BCUT2D eigenvalue weighted by Gasteiger charge is -2.04. The molecule has 0 radical (unpaired) electrons. The molecule has 0 saturated heterocycles. The lowest BCUT2D eigenvalue weighted by atomic mass is 10.2. The average molecular weight is 295 g/mol. The molecular weight excluding hydrogens is 280 g/mol. The molecule has 0 spiro atoms. The van der Waals surface area contributed by atoms with E-state index in [-0.39, 0.29) is 13.2 Å². The Labute approximate surface area is 122 Å². The molecule has 0 saturated carbocycles. The van der Waals surface area contributed by atoms with Crippen LogP contribution in [0.2, 0.25) is 5.02 Å². The van der Waals surface area contributed by atoms with Crippen LogP contribution in [-0.2, 0) is 19.1 Å². The number of carbonyl (C=O) groups excluding carboxylic acids is 2. The Morgan fingerprint density at radius 1 is 1.20 bits per heavy atom. The number of hydrogen-bond acceptors (Lipinski definition) is 4. The normalized spacial score (nSPS) is 10.3. The van der Waals surface area contributed by atoms with Gasteiger partial charge in [0.15, 0.2) is 0 Å². The predicted octanol–water partition coefficient (Wildman–Crippen LogP) is 3.02. The first-order valence-electron chi connectivity index (χ1n) is 5.92. The minimum absolute atomic E-state index is 0.00279. The van der Waals surface area contributed by atoms with Crippen LogP contribution in [0.4, 0.5) is 0 Å². The fraction of sp³-hybridized carbons (Fsp3) is 0.200. The smallest absolute Gasteiger partial charge is 0.333 e. The highest BCUT2D eigenvalue weighted by atomic mass is 35.5. The number of esters is 2. The molecule has 0 aliphatic carbocycles. The first-order chi connectivity index (χ1) is 9.49. The Hall–Kier alpha value is -2.07. The van der Waals surface area contributed by atoms with Gasteiger partial charge in [0.2, 0.25) is 0 Å². The maximum absolute atomic E-state index is 11.4. The summed E-state index contributed by atoms with van der Waals surface area (Å²) < 4.78 is 9.63. The van der Waals surface area contributed by atoms with Gasteiger partial charge in [-0.2, -0.15) is 0 Å². The molecule has 4 nitrogen and oxygen atoms in total. The zero-order chi connectivity index (χ0) is 15.0. The second-order valence-corrected chi connectivity index (χ2v) is 4.41. The van der Waals surface area contributed by atoms with Gasteiger partial charge in [-0.25, -0.2) is 9.59 Å². The largest absolute Gasteiger partial charge is 0.459 e. The third-order valence-corrected chi connectivity index (χ3v) is 2.44. The summed E-state index contributed by atoms with van der Waals surface area (Å²) in [6, 6.07) is 7.01. The number of benzene rings is 1. The van der Waals surface area contributed by atoms with Crippen LogP contribution in [0.1, 0.15) is 12.5 Å². The van der Waals surface area contributed by atoms with E-state index in [1.165, 1.54) is 6.08 Å². The summed E-state index contributed by atoms with van der Waals surface area (Å²) >= 11 is 5.74. The van der Waals surface area contributed by atoms with Gasteiger partial charge >= 0.3 is 11.9 Å². The van der Waals surface area contributed by atoms with E-state index in [0.717, 1.165) is 5.56 Å². The molecule has 1 aromatic carbocycles.